The molecule has 8 heteroatoms. The van der Waals surface area contributed by atoms with E-state index in [0.29, 0.717) is 30.8 Å². The maximum Gasteiger partial charge on any atom is 0.235 e. The van der Waals surface area contributed by atoms with Gasteiger partial charge in [-0.05, 0) is 37.5 Å². The van der Waals surface area contributed by atoms with Gasteiger partial charge in [0.15, 0.2) is 0 Å². The molecule has 0 radical (unpaired) electrons. The first-order valence-electron chi connectivity index (χ1n) is 7.37. The van der Waals surface area contributed by atoms with E-state index >= 15 is 0 Å². The molecule has 0 bridgehead atoms. The molecule has 6 nitrogen and oxygen atoms in total. The lowest BCUT2D eigenvalue weighted by atomic mass is 10.2. The Morgan fingerprint density at radius 3 is 2.64 bits per heavy atom. The lowest BCUT2D eigenvalue weighted by Crippen LogP contribution is -2.25. The zero-order valence-corrected chi connectivity index (χ0v) is 14.5. The topological polar surface area (TPSA) is 83.6 Å². The van der Waals surface area contributed by atoms with E-state index < -0.39 is 20.0 Å². The maximum atomic E-state index is 12.0. The van der Waals surface area contributed by atoms with E-state index in [1.807, 2.05) is 6.92 Å². The van der Waals surface area contributed by atoms with Crippen LogP contribution in [0.4, 0.5) is 11.4 Å². The maximum absolute atomic E-state index is 12.0. The number of aryl methyl sites for hydroxylation is 1. The van der Waals surface area contributed by atoms with Crippen LogP contribution < -0.4 is 9.03 Å². The Morgan fingerprint density at radius 1 is 1.32 bits per heavy atom. The molecule has 1 N–H and O–H groups in total. The summed E-state index contributed by atoms with van der Waals surface area (Å²) >= 11 is 0. The molecule has 0 amide bonds. The molecule has 1 saturated heterocycles. The predicted octanol–water partition coefficient (Wildman–Crippen LogP) is 2.08. The minimum atomic E-state index is -3.41. The normalized spacial score (nSPS) is 17.6. The summed E-state index contributed by atoms with van der Waals surface area (Å²) in [6.45, 7) is 4.16. The summed E-state index contributed by atoms with van der Waals surface area (Å²) in [6.07, 6.45) is 1.98. The van der Waals surface area contributed by atoms with E-state index in [9.17, 15) is 16.8 Å². The third-order valence-corrected chi connectivity index (χ3v) is 6.87. The van der Waals surface area contributed by atoms with Gasteiger partial charge in [-0.15, -0.1) is 0 Å². The molecular weight excluding hydrogens is 324 g/mol. The number of nitrogens with zero attached hydrogens (tertiary/aromatic N) is 1. The van der Waals surface area contributed by atoms with Crippen molar-refractivity contribution in [2.45, 2.75) is 33.1 Å². The second kappa shape index (κ2) is 6.45. The van der Waals surface area contributed by atoms with Gasteiger partial charge in [-0.25, -0.2) is 16.8 Å². The smallest absolute Gasteiger partial charge is 0.235 e. The number of rotatable bonds is 6. The van der Waals surface area contributed by atoms with Gasteiger partial charge in [0.1, 0.15) is 0 Å². The minimum Gasteiger partial charge on any atom is -0.283 e. The highest BCUT2D eigenvalue weighted by Crippen LogP contribution is 2.29. The summed E-state index contributed by atoms with van der Waals surface area (Å²) in [7, 11) is -6.68. The van der Waals surface area contributed by atoms with Crippen LogP contribution in [0.15, 0.2) is 18.2 Å². The fraction of sp³-hybridized carbons (Fsp3) is 0.571. The van der Waals surface area contributed by atoms with Crippen molar-refractivity contribution < 1.29 is 16.8 Å². The molecular formula is C14H22N2O4S2. The minimum absolute atomic E-state index is 0.0647. The Hall–Kier alpha value is -1.28. The molecule has 1 aliphatic rings. The first-order chi connectivity index (χ1) is 10.2. The van der Waals surface area contributed by atoms with E-state index in [4.69, 9.17) is 0 Å². The zero-order chi connectivity index (χ0) is 16.4. The van der Waals surface area contributed by atoms with Gasteiger partial charge in [0.25, 0.3) is 0 Å². The number of nitrogens with one attached hydrogen (secondary N) is 1. The third-order valence-electron chi connectivity index (χ3n) is 3.64. The Kier molecular flexibility index (Phi) is 5.01. The zero-order valence-electron chi connectivity index (χ0n) is 12.9. The highest BCUT2D eigenvalue weighted by molar-refractivity contribution is 7.93. The molecule has 2 rings (SSSR count). The summed E-state index contributed by atoms with van der Waals surface area (Å²) in [4.78, 5) is 0. The van der Waals surface area contributed by atoms with Crippen LogP contribution in [0.3, 0.4) is 0 Å². The van der Waals surface area contributed by atoms with E-state index in [1.165, 1.54) is 4.31 Å². The highest BCUT2D eigenvalue weighted by atomic mass is 32.2. The van der Waals surface area contributed by atoms with Crippen LogP contribution in [0.2, 0.25) is 0 Å². The molecule has 1 aromatic rings. The monoisotopic (exact) mass is 346 g/mol. The molecule has 1 aromatic carbocycles. The molecule has 1 aliphatic heterocycles. The fourth-order valence-corrected chi connectivity index (χ4v) is 5.24. The Balaban J connectivity index is 2.28. The summed E-state index contributed by atoms with van der Waals surface area (Å²) in [5.74, 6) is 0.202. The van der Waals surface area contributed by atoms with Crippen LogP contribution in [-0.4, -0.2) is 34.9 Å². The molecule has 0 spiro atoms. The highest BCUT2D eigenvalue weighted by Gasteiger charge is 2.28. The molecule has 22 heavy (non-hydrogen) atoms. The van der Waals surface area contributed by atoms with Crippen molar-refractivity contribution in [1.82, 2.24) is 0 Å². The van der Waals surface area contributed by atoms with Crippen LogP contribution in [0.5, 0.6) is 0 Å². The Labute approximate surface area is 132 Å². The Morgan fingerprint density at radius 2 is 2.05 bits per heavy atom. The van der Waals surface area contributed by atoms with E-state index in [1.54, 1.807) is 25.1 Å². The van der Waals surface area contributed by atoms with Crippen molar-refractivity contribution >= 4 is 31.4 Å². The molecule has 124 valence electrons. The lowest BCUT2D eigenvalue weighted by molar-refractivity contribution is 0.597. The van der Waals surface area contributed by atoms with Gasteiger partial charge in [-0.3, -0.25) is 9.03 Å². The third kappa shape index (κ3) is 3.92. The van der Waals surface area contributed by atoms with Crippen LogP contribution in [0.25, 0.3) is 0 Å². The first-order valence-corrected chi connectivity index (χ1v) is 10.6. The van der Waals surface area contributed by atoms with Crippen LogP contribution in [0.1, 0.15) is 31.7 Å². The molecule has 0 saturated carbocycles. The summed E-state index contributed by atoms with van der Waals surface area (Å²) in [6, 6.07) is 5.05. The number of benzene rings is 1. The average molecular weight is 346 g/mol. The van der Waals surface area contributed by atoms with Crippen LogP contribution in [0, 0.1) is 6.92 Å². The van der Waals surface area contributed by atoms with Gasteiger partial charge >= 0.3 is 0 Å². The van der Waals surface area contributed by atoms with Crippen molar-refractivity contribution in [2.24, 2.45) is 0 Å². The van der Waals surface area contributed by atoms with Gasteiger partial charge < -0.3 is 0 Å². The lowest BCUT2D eigenvalue weighted by Gasteiger charge is -2.19. The largest absolute Gasteiger partial charge is 0.283 e. The van der Waals surface area contributed by atoms with Crippen LogP contribution >= 0.6 is 0 Å². The van der Waals surface area contributed by atoms with Crippen molar-refractivity contribution in [3.8, 4) is 0 Å². The molecule has 0 aliphatic carbocycles. The number of unbranched alkanes of at least 4 members (excludes halogenated alkanes) is 1. The van der Waals surface area contributed by atoms with E-state index in [0.717, 1.165) is 12.0 Å². The molecule has 0 atom stereocenters. The number of hydrogen-bond donors (Lipinski definition) is 1. The van der Waals surface area contributed by atoms with Crippen LogP contribution in [-0.2, 0) is 20.0 Å². The summed E-state index contributed by atoms with van der Waals surface area (Å²) < 4.78 is 51.9. The van der Waals surface area contributed by atoms with Crippen molar-refractivity contribution in [3.05, 3.63) is 23.8 Å². The van der Waals surface area contributed by atoms with Gasteiger partial charge in [-0.1, -0.05) is 19.4 Å². The van der Waals surface area contributed by atoms with Crippen molar-refractivity contribution in [2.75, 3.05) is 27.1 Å². The van der Waals surface area contributed by atoms with Gasteiger partial charge in [-0.2, -0.15) is 0 Å². The second-order valence-corrected chi connectivity index (χ2v) is 9.37. The van der Waals surface area contributed by atoms with Crippen molar-refractivity contribution in [1.29, 1.82) is 0 Å². The van der Waals surface area contributed by atoms with Gasteiger partial charge in [0, 0.05) is 6.54 Å². The molecule has 1 fully saturated rings. The van der Waals surface area contributed by atoms with Crippen molar-refractivity contribution in [3.63, 3.8) is 0 Å². The molecule has 1 heterocycles. The SMILES string of the molecule is CCCCS(=O)(=O)Nc1cc(N2CCCS2(=O)=O)ccc1C. The summed E-state index contributed by atoms with van der Waals surface area (Å²) in [5, 5.41) is 0. The number of anilines is 2. The second-order valence-electron chi connectivity index (χ2n) is 5.52. The molecule has 0 aromatic heterocycles. The predicted molar refractivity (Wildman–Crippen MR) is 89.2 cm³/mol. The number of hydrogen-bond acceptors (Lipinski definition) is 4. The average Bonchev–Trinajstić information content (AvgIpc) is 2.78. The van der Waals surface area contributed by atoms with Gasteiger partial charge in [0.2, 0.25) is 20.0 Å². The first kappa shape index (κ1) is 17.1. The standard InChI is InChI=1S/C14H22N2O4S2/c1-3-4-9-21(17,18)15-14-11-13(7-6-12(14)2)16-8-5-10-22(16,19)20/h6-7,11,15H,3-5,8-10H2,1-2H3. The van der Waals surface area contributed by atoms with E-state index in [2.05, 4.69) is 4.72 Å². The van der Waals surface area contributed by atoms with E-state index in [-0.39, 0.29) is 11.5 Å². The number of sulfonamides is 2. The van der Waals surface area contributed by atoms with Gasteiger partial charge in [0.05, 0.1) is 22.9 Å². The molecule has 0 unspecified atom stereocenters. The Bertz CT molecular complexity index is 742. The fourth-order valence-electron chi connectivity index (χ4n) is 2.36. The summed E-state index contributed by atoms with van der Waals surface area (Å²) in [5.41, 5.74) is 1.72. The quantitative estimate of drug-likeness (QED) is 0.855.